The number of aryl methyl sites for hydroxylation is 1. The van der Waals surface area contributed by atoms with E-state index in [1.54, 1.807) is 12.1 Å². The summed E-state index contributed by atoms with van der Waals surface area (Å²) in [5.41, 5.74) is 2.44. The summed E-state index contributed by atoms with van der Waals surface area (Å²) in [6.07, 6.45) is 0.798. The molecule has 186 valence electrons. The number of nitrogens with one attached hydrogen (secondary N) is 1. The van der Waals surface area contributed by atoms with E-state index in [0.717, 1.165) is 16.3 Å². The largest absolute Gasteiger partial charge is 0.354 e. The standard InChI is InChI=1S/C29H29ClN2O3S/c1-21(18-24-11-7-10-23-9-4-5-12-27(23)24)19-31-29(33)20-32(28-13-6-3-8-22(28)2)36(34,35)26-16-14-25(30)15-17-26/h3-17,21H,18-20H2,1-2H3,(H,31,33). The number of carbonyl (C=O) groups is 1. The maximum atomic E-state index is 13.5. The second-order valence-electron chi connectivity index (χ2n) is 9.00. The van der Waals surface area contributed by atoms with Crippen LogP contribution in [-0.4, -0.2) is 27.4 Å². The van der Waals surface area contributed by atoms with Crippen LogP contribution >= 0.6 is 11.6 Å². The van der Waals surface area contributed by atoms with Gasteiger partial charge in [-0.05, 0) is 71.5 Å². The minimum atomic E-state index is -3.99. The van der Waals surface area contributed by atoms with Gasteiger partial charge < -0.3 is 5.32 Å². The third-order valence-electron chi connectivity index (χ3n) is 6.17. The average molecular weight is 521 g/mol. The molecule has 0 aliphatic heterocycles. The molecule has 0 aliphatic carbocycles. The highest BCUT2D eigenvalue weighted by atomic mass is 35.5. The van der Waals surface area contributed by atoms with Crippen molar-refractivity contribution < 1.29 is 13.2 Å². The Morgan fingerprint density at radius 2 is 1.58 bits per heavy atom. The molecule has 1 unspecified atom stereocenters. The molecule has 7 heteroatoms. The highest BCUT2D eigenvalue weighted by molar-refractivity contribution is 7.92. The number of para-hydroxylation sites is 1. The van der Waals surface area contributed by atoms with Crippen molar-refractivity contribution in [2.45, 2.75) is 25.2 Å². The first kappa shape index (κ1) is 25.7. The van der Waals surface area contributed by atoms with Gasteiger partial charge in [-0.2, -0.15) is 0 Å². The number of amides is 1. The molecule has 0 bridgehead atoms. The van der Waals surface area contributed by atoms with Gasteiger partial charge in [0.25, 0.3) is 10.0 Å². The van der Waals surface area contributed by atoms with Gasteiger partial charge in [0.15, 0.2) is 0 Å². The Kier molecular flexibility index (Phi) is 7.97. The zero-order valence-electron chi connectivity index (χ0n) is 20.3. The van der Waals surface area contributed by atoms with Gasteiger partial charge in [-0.25, -0.2) is 8.42 Å². The molecular weight excluding hydrogens is 492 g/mol. The van der Waals surface area contributed by atoms with Crippen molar-refractivity contribution in [2.24, 2.45) is 5.92 Å². The lowest BCUT2D eigenvalue weighted by Crippen LogP contribution is -2.42. The van der Waals surface area contributed by atoms with Crippen LogP contribution < -0.4 is 9.62 Å². The highest BCUT2D eigenvalue weighted by Gasteiger charge is 2.28. The van der Waals surface area contributed by atoms with Crippen LogP contribution in [0.3, 0.4) is 0 Å². The summed E-state index contributed by atoms with van der Waals surface area (Å²) in [5, 5.41) is 5.77. The Morgan fingerprint density at radius 3 is 2.33 bits per heavy atom. The summed E-state index contributed by atoms with van der Waals surface area (Å²) in [5.74, 6) is -0.194. The number of anilines is 1. The van der Waals surface area contributed by atoms with Crippen molar-refractivity contribution in [3.63, 3.8) is 0 Å². The third kappa shape index (κ3) is 5.89. The molecule has 36 heavy (non-hydrogen) atoms. The lowest BCUT2D eigenvalue weighted by Gasteiger charge is -2.26. The molecule has 5 nitrogen and oxygen atoms in total. The SMILES string of the molecule is Cc1ccccc1N(CC(=O)NCC(C)Cc1cccc2ccccc12)S(=O)(=O)c1ccc(Cl)cc1. The molecule has 4 aromatic rings. The molecule has 0 saturated carbocycles. The van der Waals surface area contributed by atoms with Crippen molar-refractivity contribution in [1.82, 2.24) is 5.32 Å². The van der Waals surface area contributed by atoms with E-state index in [1.165, 1.54) is 40.6 Å². The average Bonchev–Trinajstić information content (AvgIpc) is 2.87. The molecule has 0 aliphatic rings. The number of carbonyl (C=O) groups excluding carboxylic acids is 1. The van der Waals surface area contributed by atoms with Crippen LogP contribution in [0.25, 0.3) is 10.8 Å². The Hall–Kier alpha value is -3.35. The van der Waals surface area contributed by atoms with E-state index in [4.69, 9.17) is 11.6 Å². The van der Waals surface area contributed by atoms with Crippen molar-refractivity contribution in [2.75, 3.05) is 17.4 Å². The first-order valence-corrected chi connectivity index (χ1v) is 13.6. The van der Waals surface area contributed by atoms with Gasteiger partial charge in [0, 0.05) is 11.6 Å². The van der Waals surface area contributed by atoms with E-state index in [0.29, 0.717) is 17.3 Å². The fourth-order valence-corrected chi connectivity index (χ4v) is 5.88. The van der Waals surface area contributed by atoms with Gasteiger partial charge in [-0.1, -0.05) is 79.2 Å². The molecule has 1 amide bonds. The molecule has 0 heterocycles. The van der Waals surface area contributed by atoms with Crippen LogP contribution in [0.4, 0.5) is 5.69 Å². The number of halogens is 1. The molecular formula is C29H29ClN2O3S. The number of sulfonamides is 1. The lowest BCUT2D eigenvalue weighted by molar-refractivity contribution is -0.119. The number of hydrogen-bond acceptors (Lipinski definition) is 3. The zero-order chi connectivity index (χ0) is 25.7. The van der Waals surface area contributed by atoms with Crippen LogP contribution in [0.1, 0.15) is 18.1 Å². The molecule has 1 N–H and O–H groups in total. The van der Waals surface area contributed by atoms with Crippen molar-refractivity contribution >= 4 is 44.0 Å². The van der Waals surface area contributed by atoms with Crippen LogP contribution in [0.2, 0.25) is 5.02 Å². The number of benzene rings is 4. The normalized spacial score (nSPS) is 12.3. The quantitative estimate of drug-likeness (QED) is 0.294. The van der Waals surface area contributed by atoms with Gasteiger partial charge >= 0.3 is 0 Å². The summed E-state index contributed by atoms with van der Waals surface area (Å²) in [6.45, 7) is 4.01. The molecule has 0 saturated heterocycles. The fourth-order valence-electron chi connectivity index (χ4n) is 4.27. The van der Waals surface area contributed by atoms with Crippen LogP contribution in [0.15, 0.2) is 95.9 Å². The summed E-state index contributed by atoms with van der Waals surface area (Å²) in [6, 6.07) is 27.6. The molecule has 1 atom stereocenters. The first-order valence-electron chi connectivity index (χ1n) is 11.8. The number of hydrogen-bond donors (Lipinski definition) is 1. The Balaban J connectivity index is 1.49. The van der Waals surface area contributed by atoms with E-state index in [-0.39, 0.29) is 23.3 Å². The number of fused-ring (bicyclic) bond motifs is 1. The van der Waals surface area contributed by atoms with Crippen LogP contribution in [0, 0.1) is 12.8 Å². The van der Waals surface area contributed by atoms with Gasteiger partial charge in [0.1, 0.15) is 6.54 Å². The summed E-state index contributed by atoms with van der Waals surface area (Å²) < 4.78 is 28.2. The molecule has 0 aromatic heterocycles. The fraction of sp³-hybridized carbons (Fsp3) is 0.207. The zero-order valence-corrected chi connectivity index (χ0v) is 21.9. The first-order chi connectivity index (χ1) is 17.3. The highest BCUT2D eigenvalue weighted by Crippen LogP contribution is 2.27. The van der Waals surface area contributed by atoms with Crippen molar-refractivity contribution in [1.29, 1.82) is 0 Å². The summed E-state index contributed by atoms with van der Waals surface area (Å²) in [4.78, 5) is 13.1. The number of rotatable bonds is 9. The second-order valence-corrected chi connectivity index (χ2v) is 11.3. The third-order valence-corrected chi connectivity index (χ3v) is 8.19. The van der Waals surface area contributed by atoms with Crippen LogP contribution in [0.5, 0.6) is 0 Å². The van der Waals surface area contributed by atoms with Crippen molar-refractivity contribution in [3.05, 3.63) is 107 Å². The van der Waals surface area contributed by atoms with E-state index < -0.39 is 10.0 Å². The van der Waals surface area contributed by atoms with E-state index >= 15 is 0 Å². The maximum Gasteiger partial charge on any atom is 0.264 e. The van der Waals surface area contributed by atoms with Gasteiger partial charge in [-0.3, -0.25) is 9.10 Å². The smallest absolute Gasteiger partial charge is 0.264 e. The summed E-state index contributed by atoms with van der Waals surface area (Å²) >= 11 is 5.96. The Morgan fingerprint density at radius 1 is 0.917 bits per heavy atom. The number of nitrogens with zero attached hydrogens (tertiary/aromatic N) is 1. The Bertz CT molecular complexity index is 1460. The predicted octanol–water partition coefficient (Wildman–Crippen LogP) is 5.99. The topological polar surface area (TPSA) is 66.5 Å². The van der Waals surface area contributed by atoms with Crippen molar-refractivity contribution in [3.8, 4) is 0 Å². The van der Waals surface area contributed by atoms with Crippen LogP contribution in [-0.2, 0) is 21.2 Å². The lowest BCUT2D eigenvalue weighted by atomic mass is 9.96. The summed E-state index contributed by atoms with van der Waals surface area (Å²) in [7, 11) is -3.99. The maximum absolute atomic E-state index is 13.5. The predicted molar refractivity (Wildman–Crippen MR) is 147 cm³/mol. The molecule has 0 spiro atoms. The van der Waals surface area contributed by atoms with E-state index in [1.807, 2.05) is 37.3 Å². The Labute approximate surface area is 217 Å². The molecule has 0 fully saturated rings. The van der Waals surface area contributed by atoms with Gasteiger partial charge in [0.2, 0.25) is 5.91 Å². The second kappa shape index (κ2) is 11.1. The molecule has 0 radical (unpaired) electrons. The van der Waals surface area contributed by atoms with E-state index in [9.17, 15) is 13.2 Å². The molecule has 4 aromatic carbocycles. The monoisotopic (exact) mass is 520 g/mol. The van der Waals surface area contributed by atoms with Gasteiger partial charge in [-0.15, -0.1) is 0 Å². The minimum Gasteiger partial charge on any atom is -0.354 e. The van der Waals surface area contributed by atoms with Gasteiger partial charge in [0.05, 0.1) is 10.6 Å². The minimum absolute atomic E-state index is 0.0762. The van der Waals surface area contributed by atoms with E-state index in [2.05, 4.69) is 36.5 Å². The molecule has 4 rings (SSSR count).